The van der Waals surface area contributed by atoms with Crippen LogP contribution in [0, 0.1) is 22.0 Å². The molecule has 48 heavy (non-hydrogen) atoms. The number of benzene rings is 5. The van der Waals surface area contributed by atoms with E-state index in [1.165, 1.54) is 24.3 Å². The fraction of sp³-hybridized carbons (Fsp3) is 0.103. The van der Waals surface area contributed by atoms with Crippen LogP contribution in [0.25, 0.3) is 11.1 Å². The van der Waals surface area contributed by atoms with Crippen LogP contribution in [0.15, 0.2) is 133 Å². The zero-order valence-electron chi connectivity index (χ0n) is 25.0. The first kappa shape index (κ1) is 30.0. The number of rotatable bonds is 6. The van der Waals surface area contributed by atoms with Crippen LogP contribution in [0.3, 0.4) is 0 Å². The first-order chi connectivity index (χ1) is 23.2. The van der Waals surface area contributed by atoms with Gasteiger partial charge in [-0.3, -0.25) is 24.5 Å². The summed E-state index contributed by atoms with van der Waals surface area (Å²) >= 11 is 12.8. The number of allylic oxidation sites excluding steroid dienone is 2. The Bertz CT molecular complexity index is 2060. The molecule has 0 radical (unpaired) electrons. The molecule has 0 unspecified atom stereocenters. The van der Waals surface area contributed by atoms with Crippen LogP contribution in [0.1, 0.15) is 22.3 Å². The molecular formula is C39H24Cl2N2O5. The summed E-state index contributed by atoms with van der Waals surface area (Å²) in [4.78, 5) is 57.9. The lowest BCUT2D eigenvalue weighted by molar-refractivity contribution is -0.384. The minimum atomic E-state index is -1.61. The lowest BCUT2D eigenvalue weighted by Gasteiger charge is -2.39. The molecule has 0 N–H and O–H groups in total. The molecule has 1 saturated heterocycles. The minimum Gasteiger partial charge on any atom is -0.297 e. The fourth-order valence-corrected chi connectivity index (χ4v) is 8.59. The van der Waals surface area contributed by atoms with E-state index in [4.69, 9.17) is 23.2 Å². The molecule has 2 bridgehead atoms. The Morgan fingerprint density at radius 3 is 1.33 bits per heavy atom. The van der Waals surface area contributed by atoms with Gasteiger partial charge >= 0.3 is 0 Å². The third kappa shape index (κ3) is 3.86. The van der Waals surface area contributed by atoms with Gasteiger partial charge in [0.1, 0.15) is 0 Å². The van der Waals surface area contributed by atoms with Gasteiger partial charge in [0, 0.05) is 22.2 Å². The Hall–Kier alpha value is -5.37. The summed E-state index contributed by atoms with van der Waals surface area (Å²) < 4.78 is 0. The number of nitro groups is 1. The Morgan fingerprint density at radius 1 is 0.562 bits per heavy atom. The molecule has 2 fully saturated rings. The van der Waals surface area contributed by atoms with Crippen molar-refractivity contribution in [3.63, 3.8) is 0 Å². The maximum atomic E-state index is 15.9. The summed E-state index contributed by atoms with van der Waals surface area (Å²) in [6.07, 6.45) is 0. The number of carbonyl (C=O) groups excluding carboxylic acids is 3. The summed E-state index contributed by atoms with van der Waals surface area (Å²) in [5.41, 5.74) is 0.645. The molecule has 1 heterocycles. The molecule has 5 aromatic carbocycles. The first-order valence-electron chi connectivity index (χ1n) is 15.3. The van der Waals surface area contributed by atoms with Crippen LogP contribution in [-0.4, -0.2) is 22.5 Å². The summed E-state index contributed by atoms with van der Waals surface area (Å²) in [6.45, 7) is 0. The van der Waals surface area contributed by atoms with E-state index < -0.39 is 39.4 Å². The standard InChI is InChI=1S/C39H24Cl2N2O5/c40-27-15-11-25(12-16-27)38-31(23-7-3-1-4-8-23)32(24-9-5-2-6-10-24)39(37(38)46,26-13-17-28(41)18-14-26)34-33(38)35(44)42(36(34)45)29-19-21-30(22-20-29)43(47)48/h1-22,33-34H/t33-,34+,38-,39+. The molecule has 3 aliphatic rings. The van der Waals surface area contributed by atoms with E-state index in [1.807, 2.05) is 60.7 Å². The molecule has 234 valence electrons. The normalized spacial score (nSPS) is 24.4. The number of nitrogens with zero attached hydrogens (tertiary/aromatic N) is 2. The number of hydrogen-bond acceptors (Lipinski definition) is 5. The quantitative estimate of drug-likeness (QED) is 0.103. The summed E-state index contributed by atoms with van der Waals surface area (Å²) in [6, 6.07) is 38.1. The van der Waals surface area contributed by atoms with Crippen LogP contribution < -0.4 is 4.90 Å². The van der Waals surface area contributed by atoms with Crippen LogP contribution in [-0.2, 0) is 25.2 Å². The lowest BCUT2D eigenvalue weighted by Crippen LogP contribution is -2.45. The molecule has 7 nitrogen and oxygen atoms in total. The van der Waals surface area contributed by atoms with Crippen LogP contribution in [0.4, 0.5) is 11.4 Å². The third-order valence-electron chi connectivity index (χ3n) is 10.0. The second-order valence-electron chi connectivity index (χ2n) is 12.2. The average Bonchev–Trinajstić information content (AvgIpc) is 3.61. The van der Waals surface area contributed by atoms with Crippen molar-refractivity contribution in [1.29, 1.82) is 0 Å². The highest BCUT2D eigenvalue weighted by atomic mass is 35.5. The van der Waals surface area contributed by atoms with Crippen molar-refractivity contribution >= 4 is 63.3 Å². The smallest absolute Gasteiger partial charge is 0.269 e. The van der Waals surface area contributed by atoms with E-state index >= 15 is 4.79 Å². The molecule has 2 aliphatic carbocycles. The number of imide groups is 1. The van der Waals surface area contributed by atoms with Gasteiger partial charge in [-0.05, 0) is 69.8 Å². The average molecular weight is 672 g/mol. The number of ketones is 1. The number of non-ortho nitro benzene ring substituents is 1. The van der Waals surface area contributed by atoms with Crippen LogP contribution in [0.2, 0.25) is 10.0 Å². The van der Waals surface area contributed by atoms with Gasteiger partial charge in [0.25, 0.3) is 5.69 Å². The maximum absolute atomic E-state index is 15.9. The zero-order valence-corrected chi connectivity index (χ0v) is 26.6. The highest BCUT2D eigenvalue weighted by molar-refractivity contribution is 6.39. The molecular weight excluding hydrogens is 647 g/mol. The van der Waals surface area contributed by atoms with Gasteiger partial charge in [0.15, 0.2) is 5.78 Å². The number of halogens is 2. The number of amides is 2. The minimum absolute atomic E-state index is 0.178. The van der Waals surface area contributed by atoms with Gasteiger partial charge < -0.3 is 0 Å². The van der Waals surface area contributed by atoms with Gasteiger partial charge in [-0.2, -0.15) is 0 Å². The number of Topliss-reactive ketones (excluding diaryl/α,β-unsaturated/α-hetero) is 1. The maximum Gasteiger partial charge on any atom is 0.269 e. The summed E-state index contributed by atoms with van der Waals surface area (Å²) in [5, 5.41) is 12.3. The van der Waals surface area contributed by atoms with Crippen molar-refractivity contribution in [1.82, 2.24) is 0 Å². The van der Waals surface area contributed by atoms with Crippen molar-refractivity contribution in [3.8, 4) is 0 Å². The molecule has 8 rings (SSSR count). The van der Waals surface area contributed by atoms with Crippen molar-refractivity contribution in [2.24, 2.45) is 11.8 Å². The van der Waals surface area contributed by atoms with Crippen molar-refractivity contribution in [3.05, 3.63) is 176 Å². The molecule has 0 spiro atoms. The monoisotopic (exact) mass is 670 g/mol. The Balaban J connectivity index is 1.52. The predicted octanol–water partition coefficient (Wildman–Crippen LogP) is 8.09. The lowest BCUT2D eigenvalue weighted by atomic mass is 9.59. The van der Waals surface area contributed by atoms with E-state index in [0.717, 1.165) is 16.0 Å². The fourth-order valence-electron chi connectivity index (χ4n) is 8.34. The third-order valence-corrected chi connectivity index (χ3v) is 10.5. The second-order valence-corrected chi connectivity index (χ2v) is 13.1. The number of fused-ring (bicyclic) bond motifs is 5. The van der Waals surface area contributed by atoms with Crippen LogP contribution >= 0.6 is 23.2 Å². The molecule has 4 atom stereocenters. The van der Waals surface area contributed by atoms with Gasteiger partial charge in [-0.25, -0.2) is 4.90 Å². The van der Waals surface area contributed by atoms with Crippen LogP contribution in [0.5, 0.6) is 0 Å². The Kier molecular flexibility index (Phi) is 6.77. The number of anilines is 1. The summed E-state index contributed by atoms with van der Waals surface area (Å²) in [5.74, 6) is -3.69. The van der Waals surface area contributed by atoms with E-state index in [9.17, 15) is 19.7 Å². The van der Waals surface area contributed by atoms with E-state index in [2.05, 4.69) is 0 Å². The highest BCUT2D eigenvalue weighted by Gasteiger charge is 2.82. The highest BCUT2D eigenvalue weighted by Crippen LogP contribution is 2.74. The largest absolute Gasteiger partial charge is 0.297 e. The van der Waals surface area contributed by atoms with Gasteiger partial charge in [-0.1, -0.05) is 108 Å². The first-order valence-corrected chi connectivity index (χ1v) is 16.0. The molecule has 2 amide bonds. The Morgan fingerprint density at radius 2 is 0.958 bits per heavy atom. The predicted molar refractivity (Wildman–Crippen MR) is 184 cm³/mol. The van der Waals surface area contributed by atoms with Crippen molar-refractivity contribution in [2.75, 3.05) is 4.90 Å². The second kappa shape index (κ2) is 10.8. The molecule has 5 aromatic rings. The van der Waals surface area contributed by atoms with Gasteiger partial charge in [0.2, 0.25) is 11.8 Å². The zero-order chi connectivity index (χ0) is 33.4. The van der Waals surface area contributed by atoms with E-state index in [0.29, 0.717) is 32.3 Å². The van der Waals surface area contributed by atoms with Gasteiger partial charge in [0.05, 0.1) is 33.3 Å². The molecule has 0 aromatic heterocycles. The Labute approximate surface area is 285 Å². The molecule has 1 saturated carbocycles. The summed E-state index contributed by atoms with van der Waals surface area (Å²) in [7, 11) is 0. The van der Waals surface area contributed by atoms with E-state index in [-0.39, 0.29) is 17.2 Å². The SMILES string of the molecule is O=C1[C@@H]2[C@H](C(=O)N1c1ccc([N+](=O)[O-])cc1)[C@]1(c3ccc(Cl)cc3)C(=O)[C@@]2(c2ccc(Cl)cc2)C(c2ccccc2)=C1c1ccccc1. The van der Waals surface area contributed by atoms with Crippen molar-refractivity contribution in [2.45, 2.75) is 10.8 Å². The number of hydrogen-bond donors (Lipinski definition) is 0. The topological polar surface area (TPSA) is 97.6 Å². The van der Waals surface area contributed by atoms with Crippen molar-refractivity contribution < 1.29 is 19.3 Å². The van der Waals surface area contributed by atoms with Gasteiger partial charge in [-0.15, -0.1) is 0 Å². The number of carbonyl (C=O) groups is 3. The number of nitro benzene ring substituents is 1. The molecule has 9 heteroatoms. The van der Waals surface area contributed by atoms with E-state index in [1.54, 1.807) is 48.5 Å². The molecule has 1 aliphatic heterocycles.